The summed E-state index contributed by atoms with van der Waals surface area (Å²) in [6.45, 7) is 28.5. The van der Waals surface area contributed by atoms with Crippen LogP contribution in [0.4, 0.5) is 52.7 Å². The molecule has 0 fully saturated rings. The monoisotopic (exact) mass is 1190 g/mol. The minimum absolute atomic E-state index is 0.0135. The number of hydrogen-bond acceptors (Lipinski definition) is 6. The minimum atomic E-state index is -0.943. The van der Waals surface area contributed by atoms with Gasteiger partial charge in [-0.05, 0) is 124 Å². The van der Waals surface area contributed by atoms with Crippen LogP contribution in [0, 0.1) is 111 Å². The van der Waals surface area contributed by atoms with Gasteiger partial charge in [0.05, 0.1) is 13.2 Å². The minimum Gasteiger partial charge on any atom is -0.490 e. The quantitative estimate of drug-likeness (QED) is 0.0342. The molecule has 0 radical (unpaired) electrons. The molecule has 6 aromatic carbocycles. The summed E-state index contributed by atoms with van der Waals surface area (Å²) >= 11 is 0. The van der Waals surface area contributed by atoms with Crippen molar-refractivity contribution in [3.05, 3.63) is 227 Å². The van der Waals surface area contributed by atoms with Crippen LogP contribution in [-0.2, 0) is 0 Å². The number of hydrogen-bond donors (Lipinski definition) is 0. The molecule has 84 heavy (non-hydrogen) atoms. The van der Waals surface area contributed by atoms with Crippen molar-refractivity contribution in [2.24, 2.45) is 0 Å². The van der Waals surface area contributed by atoms with Crippen LogP contribution in [0.1, 0.15) is 98.6 Å². The average molecular weight is 1190 g/mol. The zero-order chi connectivity index (χ0) is 63.3. The molecule has 18 heteroatoms. The number of halogens is 12. The summed E-state index contributed by atoms with van der Waals surface area (Å²) in [5.41, 5.74) is 1.67. The molecule has 0 unspecified atom stereocenters. The van der Waals surface area contributed by atoms with Crippen molar-refractivity contribution in [2.75, 3.05) is 39.6 Å². The number of unbranched alkanes of at least 4 members (excludes halogenated alkanes) is 6. The highest BCUT2D eigenvalue weighted by molar-refractivity contribution is 5.34. The molecule has 6 aromatic rings. The first-order chi connectivity index (χ1) is 40.0. The Morgan fingerprint density at radius 3 is 0.607 bits per heavy atom. The predicted molar refractivity (Wildman–Crippen MR) is 309 cm³/mol. The molecule has 6 rings (SSSR count). The molecule has 0 N–H and O–H groups in total. The zero-order valence-corrected chi connectivity index (χ0v) is 49.0. The molecule has 0 aliphatic carbocycles. The molecule has 6 nitrogen and oxygen atoms in total. The van der Waals surface area contributed by atoms with Gasteiger partial charge in [0.1, 0.15) is 26.4 Å². The Morgan fingerprint density at radius 1 is 0.262 bits per heavy atom. The molecule has 0 aliphatic rings. The summed E-state index contributed by atoms with van der Waals surface area (Å²) in [5, 5.41) is 0. The van der Waals surface area contributed by atoms with Crippen LogP contribution in [0.3, 0.4) is 0 Å². The molecule has 0 saturated heterocycles. The second kappa shape index (κ2) is 41.3. The van der Waals surface area contributed by atoms with Gasteiger partial charge < -0.3 is 28.4 Å². The van der Waals surface area contributed by atoms with E-state index < -0.39 is 69.8 Å². The normalized spacial score (nSPS) is 10.0. The highest BCUT2D eigenvalue weighted by atomic mass is 19.2. The molecular weight excluding hydrogens is 1120 g/mol. The molecule has 0 amide bonds. The molecule has 0 saturated carbocycles. The van der Waals surface area contributed by atoms with Crippen molar-refractivity contribution in [3.63, 3.8) is 0 Å². The van der Waals surface area contributed by atoms with Crippen molar-refractivity contribution in [3.8, 4) is 34.5 Å². The van der Waals surface area contributed by atoms with E-state index >= 15 is 0 Å². The zero-order valence-electron chi connectivity index (χ0n) is 49.0. The molecule has 0 heterocycles. The van der Waals surface area contributed by atoms with E-state index in [9.17, 15) is 52.7 Å². The van der Waals surface area contributed by atoms with Crippen molar-refractivity contribution in [1.29, 1.82) is 0 Å². The van der Waals surface area contributed by atoms with Gasteiger partial charge in [0.2, 0.25) is 34.9 Å². The third kappa shape index (κ3) is 25.8. The predicted octanol–water partition coefficient (Wildman–Crippen LogP) is 19.8. The lowest BCUT2D eigenvalue weighted by Gasteiger charge is -2.08. The lowest BCUT2D eigenvalue weighted by molar-refractivity contribution is 0.285. The van der Waals surface area contributed by atoms with Crippen molar-refractivity contribution < 1.29 is 81.1 Å². The molecule has 0 spiro atoms. The largest absolute Gasteiger partial charge is 0.490 e. The topological polar surface area (TPSA) is 55.4 Å². The van der Waals surface area contributed by atoms with Gasteiger partial charge in [-0.25, -0.2) is 26.3 Å². The fraction of sp³-hybridized carbons (Fsp3) is 0.333. The second-order valence-electron chi connectivity index (χ2n) is 18.3. The van der Waals surface area contributed by atoms with E-state index in [0.717, 1.165) is 51.4 Å². The molecule has 0 atom stereocenters. The Labute approximate surface area is 487 Å². The van der Waals surface area contributed by atoms with E-state index in [0.29, 0.717) is 24.3 Å². The summed E-state index contributed by atoms with van der Waals surface area (Å²) in [5.74, 6) is -10.9. The standard InChI is InChI=1S/2C13H18F2O.4C10H10F2O/c2*1-3-4-5-6-9-16-11-8-7-10(2)12(14)13(11)15;4*1-3-6-13-8-5-4-7(2)9(11)10(8)12/h2*7-8H,3-6,9H2,1-2H3;4*3-5H,1,6H2,2H3. The Balaban J connectivity index is 0.000000505. The number of ether oxygens (including phenoxy) is 6. The first-order valence-electron chi connectivity index (χ1n) is 26.9. The smallest absolute Gasteiger partial charge is 0.200 e. The molecular formula is C66H76F12O6. The highest BCUT2D eigenvalue weighted by Crippen LogP contribution is 2.27. The van der Waals surface area contributed by atoms with Crippen molar-refractivity contribution >= 4 is 0 Å². The summed E-state index contributed by atoms with van der Waals surface area (Å²) in [6.07, 6.45) is 14.3. The SMILES string of the molecule is C=CCOc1ccc(C)c(F)c1F.C=CCOc1ccc(C)c(F)c1F.C=CCOc1ccc(C)c(F)c1F.C=CCOc1ccc(C)c(F)c1F.CCCCCCOc1ccc(C)c(F)c1F.CCCCCCOc1ccc(C)c(F)c1F. The van der Waals surface area contributed by atoms with Crippen molar-refractivity contribution in [1.82, 2.24) is 0 Å². The fourth-order valence-electron chi connectivity index (χ4n) is 6.46. The third-order valence-electron chi connectivity index (χ3n) is 11.4. The van der Waals surface area contributed by atoms with E-state index in [1.807, 2.05) is 0 Å². The maximum absolute atomic E-state index is 13.3. The van der Waals surface area contributed by atoms with Crippen LogP contribution < -0.4 is 28.4 Å². The van der Waals surface area contributed by atoms with Crippen LogP contribution in [0.2, 0.25) is 0 Å². The number of rotatable bonds is 24. The summed E-state index contributed by atoms with van der Waals surface area (Å²) in [6, 6.07) is 17.5. The maximum Gasteiger partial charge on any atom is 0.200 e. The van der Waals surface area contributed by atoms with Crippen molar-refractivity contribution in [2.45, 2.75) is 107 Å². The molecule has 0 aliphatic heterocycles. The van der Waals surface area contributed by atoms with Crippen LogP contribution in [0.15, 0.2) is 123 Å². The van der Waals surface area contributed by atoms with Crippen LogP contribution in [0.5, 0.6) is 34.5 Å². The van der Waals surface area contributed by atoms with E-state index in [1.165, 1.54) is 139 Å². The number of benzene rings is 6. The Bertz CT molecular complexity index is 2650. The summed E-state index contributed by atoms with van der Waals surface area (Å²) < 4.78 is 187. The van der Waals surface area contributed by atoms with Gasteiger partial charge in [0.25, 0.3) is 0 Å². The summed E-state index contributed by atoms with van der Waals surface area (Å²) in [7, 11) is 0. The Hall–Kier alpha value is -7.76. The van der Waals surface area contributed by atoms with Crippen LogP contribution in [-0.4, -0.2) is 39.6 Å². The van der Waals surface area contributed by atoms with E-state index in [1.54, 1.807) is 0 Å². The first kappa shape index (κ1) is 74.3. The Morgan fingerprint density at radius 2 is 0.440 bits per heavy atom. The van der Waals surface area contributed by atoms with E-state index in [2.05, 4.69) is 40.2 Å². The lowest BCUT2D eigenvalue weighted by atomic mass is 10.2. The van der Waals surface area contributed by atoms with Gasteiger partial charge in [-0.3, -0.25) is 0 Å². The third-order valence-corrected chi connectivity index (χ3v) is 11.4. The van der Waals surface area contributed by atoms with Gasteiger partial charge in [0, 0.05) is 0 Å². The number of aryl methyl sites for hydroxylation is 6. The van der Waals surface area contributed by atoms with Gasteiger partial charge in [-0.15, -0.1) is 0 Å². The van der Waals surface area contributed by atoms with Gasteiger partial charge >= 0.3 is 0 Å². The Kier molecular flexibility index (Phi) is 36.5. The molecule has 0 bridgehead atoms. The second-order valence-corrected chi connectivity index (χ2v) is 18.3. The van der Waals surface area contributed by atoms with Gasteiger partial charge in [-0.1, -0.05) is 139 Å². The molecule has 460 valence electrons. The van der Waals surface area contributed by atoms with Gasteiger partial charge in [-0.2, -0.15) is 26.3 Å². The fourth-order valence-corrected chi connectivity index (χ4v) is 6.46. The highest BCUT2D eigenvalue weighted by Gasteiger charge is 2.16. The van der Waals surface area contributed by atoms with Crippen LogP contribution >= 0.6 is 0 Å². The van der Waals surface area contributed by atoms with E-state index in [4.69, 9.17) is 28.4 Å². The average Bonchev–Trinajstić information content (AvgIpc) is 3.70. The first-order valence-corrected chi connectivity index (χ1v) is 26.9. The van der Waals surface area contributed by atoms with Gasteiger partial charge in [0.15, 0.2) is 69.4 Å². The van der Waals surface area contributed by atoms with Crippen LogP contribution in [0.25, 0.3) is 0 Å². The summed E-state index contributed by atoms with van der Waals surface area (Å²) in [4.78, 5) is 0. The van der Waals surface area contributed by atoms with E-state index in [-0.39, 0.29) is 83.2 Å². The maximum atomic E-state index is 13.3. The lowest BCUT2D eigenvalue weighted by Crippen LogP contribution is -2.01. The molecule has 0 aromatic heterocycles.